The van der Waals surface area contributed by atoms with Crippen molar-refractivity contribution in [3.05, 3.63) is 29.3 Å². The Morgan fingerprint density at radius 1 is 1.28 bits per heavy atom. The van der Waals surface area contributed by atoms with Gasteiger partial charge in [0.1, 0.15) is 0 Å². The van der Waals surface area contributed by atoms with Crippen LogP contribution >= 0.6 is 11.8 Å². The number of anilines is 1. The van der Waals surface area contributed by atoms with Crippen molar-refractivity contribution in [2.45, 2.75) is 49.5 Å². The molecule has 5 atom stereocenters. The van der Waals surface area contributed by atoms with E-state index in [2.05, 4.69) is 16.0 Å². The molecule has 0 aromatic heterocycles. The summed E-state index contributed by atoms with van der Waals surface area (Å²) in [5.74, 6) is 0.128. The number of carbonyl (C=O) groups is 3. The average Bonchev–Trinajstić information content (AvgIpc) is 3.05. The van der Waals surface area contributed by atoms with Crippen LogP contribution in [-0.2, 0) is 16.0 Å². The van der Waals surface area contributed by atoms with Crippen LogP contribution in [0.25, 0.3) is 0 Å². The summed E-state index contributed by atoms with van der Waals surface area (Å²) in [5.41, 5.74) is 2.69. The van der Waals surface area contributed by atoms with Crippen LogP contribution in [0.1, 0.15) is 37.4 Å². The van der Waals surface area contributed by atoms with Crippen LogP contribution in [-0.4, -0.2) is 57.7 Å². The number of urea groups is 1. The number of piperidine rings is 1. The van der Waals surface area contributed by atoms with Gasteiger partial charge in [0.25, 0.3) is 0 Å². The lowest BCUT2D eigenvalue weighted by molar-refractivity contribution is -0.138. The number of β-amino-alcohol motifs (C(OH)–C–C–N with tert-alkyl or cyclic N) is 1. The monoisotopic (exact) mass is 418 g/mol. The molecule has 29 heavy (non-hydrogen) atoms. The Hall–Kier alpha value is -2.26. The number of likely N-dealkylation sites (tertiary alicyclic amines) is 1. The zero-order valence-corrected chi connectivity index (χ0v) is 17.3. The number of rotatable bonds is 4. The van der Waals surface area contributed by atoms with E-state index in [1.807, 2.05) is 32.0 Å². The van der Waals surface area contributed by atoms with Crippen LogP contribution in [0.15, 0.2) is 18.2 Å². The highest BCUT2D eigenvalue weighted by Gasteiger charge is 2.40. The molecule has 9 heteroatoms. The maximum atomic E-state index is 13.2. The Labute approximate surface area is 173 Å². The molecule has 0 radical (unpaired) electrons. The summed E-state index contributed by atoms with van der Waals surface area (Å²) in [5, 5.41) is 18.3. The minimum atomic E-state index is -0.613. The minimum Gasteiger partial charge on any atom is -0.391 e. The molecule has 0 bridgehead atoms. The fourth-order valence-electron chi connectivity index (χ4n) is 4.10. The molecule has 3 aliphatic heterocycles. The second kappa shape index (κ2) is 7.87. The fraction of sp³-hybridized carbons (Fsp3) is 0.550. The van der Waals surface area contributed by atoms with Gasteiger partial charge >= 0.3 is 6.03 Å². The molecule has 0 saturated carbocycles. The lowest BCUT2D eigenvalue weighted by Crippen LogP contribution is -2.55. The summed E-state index contributed by atoms with van der Waals surface area (Å²) in [6.07, 6.45) is 0.109. The fourth-order valence-corrected chi connectivity index (χ4v) is 5.58. The van der Waals surface area contributed by atoms with Gasteiger partial charge in [-0.05, 0) is 30.5 Å². The number of hydrogen-bond donors (Lipinski definition) is 4. The van der Waals surface area contributed by atoms with Gasteiger partial charge < -0.3 is 26.0 Å². The molecular weight excluding hydrogens is 392 g/mol. The van der Waals surface area contributed by atoms with Crippen LogP contribution in [0.5, 0.6) is 0 Å². The first-order valence-corrected chi connectivity index (χ1v) is 10.9. The van der Waals surface area contributed by atoms with Crippen molar-refractivity contribution >= 4 is 35.3 Å². The molecule has 1 aromatic rings. The third kappa shape index (κ3) is 4.06. The topological polar surface area (TPSA) is 111 Å². The van der Waals surface area contributed by atoms with E-state index in [9.17, 15) is 19.5 Å². The second-order valence-electron chi connectivity index (χ2n) is 8.07. The summed E-state index contributed by atoms with van der Waals surface area (Å²) >= 11 is 1.42. The van der Waals surface area contributed by atoms with Crippen molar-refractivity contribution in [1.82, 2.24) is 15.5 Å². The molecule has 1 aromatic carbocycles. The number of thioether (sulfide) groups is 1. The lowest BCUT2D eigenvalue weighted by atomic mass is 9.98. The predicted molar refractivity (Wildman–Crippen MR) is 110 cm³/mol. The van der Waals surface area contributed by atoms with Crippen LogP contribution < -0.4 is 16.0 Å². The van der Waals surface area contributed by atoms with E-state index in [-0.39, 0.29) is 41.7 Å². The van der Waals surface area contributed by atoms with Gasteiger partial charge in [0.2, 0.25) is 11.8 Å². The number of nitrogens with one attached hydrogen (secondary N) is 3. The number of fused-ring (bicyclic) bond motifs is 1. The predicted octanol–water partition coefficient (Wildman–Crippen LogP) is 1.21. The molecule has 3 aliphatic rings. The van der Waals surface area contributed by atoms with E-state index in [1.54, 1.807) is 4.90 Å². The number of nitrogens with zero attached hydrogens (tertiary/aromatic N) is 1. The Kier molecular flexibility index (Phi) is 5.44. The Morgan fingerprint density at radius 3 is 2.86 bits per heavy atom. The van der Waals surface area contributed by atoms with Gasteiger partial charge in [-0.1, -0.05) is 19.1 Å². The van der Waals surface area contributed by atoms with E-state index < -0.39 is 11.4 Å². The molecule has 4 N–H and O–H groups in total. The molecule has 2 fully saturated rings. The number of hydrogen-bond acceptors (Lipinski definition) is 5. The highest BCUT2D eigenvalue weighted by molar-refractivity contribution is 8.01. The van der Waals surface area contributed by atoms with E-state index in [4.69, 9.17) is 0 Å². The molecule has 0 aliphatic carbocycles. The van der Waals surface area contributed by atoms with Crippen LogP contribution in [0.3, 0.4) is 0 Å². The van der Waals surface area contributed by atoms with E-state index >= 15 is 0 Å². The highest BCUT2D eigenvalue weighted by Crippen LogP contribution is 2.35. The third-order valence-electron chi connectivity index (χ3n) is 5.84. The molecule has 0 spiro atoms. The minimum absolute atomic E-state index is 0.0242. The lowest BCUT2D eigenvalue weighted by Gasteiger charge is -2.41. The quantitative estimate of drug-likeness (QED) is 0.588. The van der Waals surface area contributed by atoms with Gasteiger partial charge in [0.05, 0.1) is 29.2 Å². The first kappa shape index (κ1) is 20.0. The molecule has 156 valence electrons. The van der Waals surface area contributed by atoms with E-state index in [0.717, 1.165) is 16.8 Å². The van der Waals surface area contributed by atoms with Crippen LogP contribution in [0, 0.1) is 5.92 Å². The van der Waals surface area contributed by atoms with Crippen molar-refractivity contribution in [3.63, 3.8) is 0 Å². The van der Waals surface area contributed by atoms with Crippen LogP contribution in [0.4, 0.5) is 10.5 Å². The Balaban J connectivity index is 1.50. The number of amides is 4. The van der Waals surface area contributed by atoms with Gasteiger partial charge in [0.15, 0.2) is 0 Å². The van der Waals surface area contributed by atoms with Gasteiger partial charge in [0, 0.05) is 24.7 Å². The Morgan fingerprint density at radius 2 is 2.07 bits per heavy atom. The molecule has 8 nitrogen and oxygen atoms in total. The van der Waals surface area contributed by atoms with Gasteiger partial charge in [-0.25, -0.2) is 4.79 Å². The van der Waals surface area contributed by atoms with Gasteiger partial charge in [-0.15, -0.1) is 11.8 Å². The zero-order chi connectivity index (χ0) is 20.7. The number of aliphatic hydroxyl groups excluding tert-OH is 1. The first-order chi connectivity index (χ1) is 13.8. The average molecular weight is 419 g/mol. The largest absolute Gasteiger partial charge is 0.391 e. The molecule has 4 unspecified atom stereocenters. The van der Waals surface area contributed by atoms with E-state index in [1.165, 1.54) is 11.8 Å². The summed E-state index contributed by atoms with van der Waals surface area (Å²) in [6.45, 7) is 4.81. The highest BCUT2D eigenvalue weighted by atomic mass is 32.2. The smallest absolute Gasteiger partial charge is 0.315 e. The van der Waals surface area contributed by atoms with Gasteiger partial charge in [-0.2, -0.15) is 0 Å². The number of aliphatic hydroxyl groups is 1. The molecule has 3 heterocycles. The van der Waals surface area contributed by atoms with Gasteiger partial charge in [-0.3, -0.25) is 9.59 Å². The number of benzene rings is 1. The third-order valence-corrected chi connectivity index (χ3v) is 7.44. The maximum absolute atomic E-state index is 13.2. The second-order valence-corrected chi connectivity index (χ2v) is 9.42. The zero-order valence-electron chi connectivity index (χ0n) is 16.5. The standard InChI is InChI=1S/C20H26N4O4S/c1-10-8-21-20(28)23-18(10)29-16-7-14(25)9-24(19(16)27)11(2)12-3-4-15-13(5-12)6-17(26)22-15/h3-5,10-11,14,16,18,25H,6-9H2,1-2H3,(H,22,26)(H2,21,23,28)/t10?,11-,14?,16?,18?/m1/s1. The van der Waals surface area contributed by atoms with Crippen molar-refractivity contribution in [3.8, 4) is 0 Å². The van der Waals surface area contributed by atoms with Crippen LogP contribution in [0.2, 0.25) is 0 Å². The van der Waals surface area contributed by atoms with Crippen molar-refractivity contribution in [2.24, 2.45) is 5.92 Å². The summed E-state index contributed by atoms with van der Waals surface area (Å²) in [4.78, 5) is 38.2. The first-order valence-electron chi connectivity index (χ1n) is 9.93. The summed E-state index contributed by atoms with van der Waals surface area (Å²) in [6, 6.07) is 5.30. The van der Waals surface area contributed by atoms with Crippen molar-refractivity contribution in [1.29, 1.82) is 0 Å². The molecule has 2 saturated heterocycles. The SMILES string of the molecule is CC1CNC(=O)NC1SC1CC(O)CN([C@H](C)c2ccc3c(c2)CC(=O)N3)C1=O. The van der Waals surface area contributed by atoms with Crippen molar-refractivity contribution < 1.29 is 19.5 Å². The molecule has 4 rings (SSSR count). The molecule has 4 amide bonds. The van der Waals surface area contributed by atoms with Crippen molar-refractivity contribution in [2.75, 3.05) is 18.4 Å². The summed E-state index contributed by atoms with van der Waals surface area (Å²) < 4.78 is 0. The summed E-state index contributed by atoms with van der Waals surface area (Å²) in [7, 11) is 0. The van der Waals surface area contributed by atoms with E-state index in [0.29, 0.717) is 19.4 Å². The normalized spacial score (nSPS) is 30.3. The number of carbonyl (C=O) groups excluding carboxylic acids is 3. The molecular formula is C20H26N4O4S. The maximum Gasteiger partial charge on any atom is 0.315 e. The Bertz CT molecular complexity index is 848.